The summed E-state index contributed by atoms with van der Waals surface area (Å²) in [6, 6.07) is 6.23. The largest absolute Gasteiger partial charge is 0.398 e. The second-order valence-electron chi connectivity index (χ2n) is 4.05. The van der Waals surface area contributed by atoms with E-state index in [1.165, 1.54) is 10.5 Å². The molecule has 1 nitrogen and oxygen atoms in total. The van der Waals surface area contributed by atoms with Gasteiger partial charge in [-0.2, -0.15) is 0 Å². The fourth-order valence-electron chi connectivity index (χ4n) is 1.09. The maximum absolute atomic E-state index is 6.01. The molecule has 1 aromatic rings. The summed E-state index contributed by atoms with van der Waals surface area (Å²) in [5.74, 6) is 0.680. The van der Waals surface area contributed by atoms with E-state index in [1.807, 2.05) is 11.8 Å². The minimum absolute atomic E-state index is 0.610. The molecule has 0 amide bonds. The second kappa shape index (κ2) is 4.74. The average Bonchev–Trinajstić information content (AvgIpc) is 2.12. The second-order valence-corrected chi connectivity index (χ2v) is 5.47. The van der Waals surface area contributed by atoms with Gasteiger partial charge in [0.15, 0.2) is 0 Å². The number of benzene rings is 1. The average molecular weight is 209 g/mol. The van der Waals surface area contributed by atoms with Gasteiger partial charge in [-0.05, 0) is 24.5 Å². The summed E-state index contributed by atoms with van der Waals surface area (Å²) in [7, 11) is 0. The van der Waals surface area contributed by atoms with Crippen LogP contribution in [0.2, 0.25) is 0 Å². The Bertz CT molecular complexity index is 307. The Morgan fingerprint density at radius 1 is 1.21 bits per heavy atom. The molecule has 2 N–H and O–H groups in total. The molecular formula is C12H19NS. The van der Waals surface area contributed by atoms with Gasteiger partial charge < -0.3 is 5.73 Å². The number of hydrogen-bond donors (Lipinski definition) is 1. The highest BCUT2D eigenvalue weighted by molar-refractivity contribution is 8.00. The summed E-state index contributed by atoms with van der Waals surface area (Å²) in [5, 5.41) is 0.610. The Balaban J connectivity index is 2.82. The number of hydrogen-bond acceptors (Lipinski definition) is 2. The molecule has 0 spiro atoms. The van der Waals surface area contributed by atoms with Crippen molar-refractivity contribution in [2.24, 2.45) is 5.92 Å². The Morgan fingerprint density at radius 3 is 2.43 bits per heavy atom. The van der Waals surface area contributed by atoms with Gasteiger partial charge in [0.2, 0.25) is 0 Å². The van der Waals surface area contributed by atoms with Crippen LogP contribution >= 0.6 is 11.8 Å². The predicted octanol–water partition coefficient (Wildman–Crippen LogP) is 3.71. The summed E-state index contributed by atoms with van der Waals surface area (Å²) in [5.41, 5.74) is 8.12. The first-order valence-corrected chi connectivity index (χ1v) is 5.92. The molecule has 0 aliphatic rings. The summed E-state index contributed by atoms with van der Waals surface area (Å²) >= 11 is 1.87. The lowest BCUT2D eigenvalue weighted by Gasteiger charge is -2.16. The van der Waals surface area contributed by atoms with Crippen LogP contribution in [-0.2, 0) is 0 Å². The van der Waals surface area contributed by atoms with Crippen LogP contribution in [0.15, 0.2) is 23.1 Å². The standard InChI is InChI=1S/C12H19NS/c1-8(2)10(4)14-11-7-5-6-9(3)12(11)13/h5-8,10H,13H2,1-4H3. The summed E-state index contributed by atoms with van der Waals surface area (Å²) < 4.78 is 0. The van der Waals surface area contributed by atoms with Gasteiger partial charge in [0.1, 0.15) is 0 Å². The minimum atomic E-state index is 0.610. The van der Waals surface area contributed by atoms with Crippen molar-refractivity contribution in [3.05, 3.63) is 23.8 Å². The topological polar surface area (TPSA) is 26.0 Å². The van der Waals surface area contributed by atoms with Crippen LogP contribution in [0.1, 0.15) is 26.3 Å². The van der Waals surface area contributed by atoms with E-state index in [0.29, 0.717) is 11.2 Å². The molecule has 1 unspecified atom stereocenters. The van der Waals surface area contributed by atoms with Gasteiger partial charge in [-0.25, -0.2) is 0 Å². The third-order valence-electron chi connectivity index (χ3n) is 2.54. The third-order valence-corrected chi connectivity index (χ3v) is 4.06. The molecule has 0 aliphatic heterocycles. The Hall–Kier alpha value is -0.630. The first-order valence-electron chi connectivity index (χ1n) is 5.04. The van der Waals surface area contributed by atoms with Crippen molar-refractivity contribution in [2.75, 3.05) is 5.73 Å². The van der Waals surface area contributed by atoms with Gasteiger partial charge in [-0.3, -0.25) is 0 Å². The molecule has 1 atom stereocenters. The molecule has 2 heteroatoms. The van der Waals surface area contributed by atoms with Crippen molar-refractivity contribution in [3.63, 3.8) is 0 Å². The first-order chi connectivity index (χ1) is 6.52. The lowest BCUT2D eigenvalue weighted by Crippen LogP contribution is -2.06. The third kappa shape index (κ3) is 2.68. The van der Waals surface area contributed by atoms with Crippen LogP contribution in [0.3, 0.4) is 0 Å². The van der Waals surface area contributed by atoms with E-state index in [1.54, 1.807) is 0 Å². The van der Waals surface area contributed by atoms with E-state index in [2.05, 4.69) is 45.9 Å². The zero-order valence-electron chi connectivity index (χ0n) is 9.37. The van der Waals surface area contributed by atoms with Crippen molar-refractivity contribution >= 4 is 17.4 Å². The van der Waals surface area contributed by atoms with E-state index in [0.717, 1.165) is 5.69 Å². The van der Waals surface area contributed by atoms with Crippen LogP contribution in [0.25, 0.3) is 0 Å². The highest BCUT2D eigenvalue weighted by atomic mass is 32.2. The Kier molecular flexibility index (Phi) is 3.87. The molecule has 0 fully saturated rings. The highest BCUT2D eigenvalue weighted by Gasteiger charge is 2.11. The van der Waals surface area contributed by atoms with Crippen molar-refractivity contribution in [1.29, 1.82) is 0 Å². The lowest BCUT2D eigenvalue weighted by atomic mass is 10.2. The first kappa shape index (κ1) is 11.4. The predicted molar refractivity (Wildman–Crippen MR) is 65.7 cm³/mol. The van der Waals surface area contributed by atoms with Gasteiger partial charge >= 0.3 is 0 Å². The highest BCUT2D eigenvalue weighted by Crippen LogP contribution is 2.33. The maximum Gasteiger partial charge on any atom is 0.0482 e. The Labute approximate surface area is 91.1 Å². The van der Waals surface area contributed by atoms with Gasteiger partial charge in [0.05, 0.1) is 0 Å². The maximum atomic E-state index is 6.01. The number of rotatable bonds is 3. The van der Waals surface area contributed by atoms with Gasteiger partial charge in [-0.1, -0.05) is 32.9 Å². The van der Waals surface area contributed by atoms with Crippen LogP contribution in [-0.4, -0.2) is 5.25 Å². The number of nitrogens with two attached hydrogens (primary N) is 1. The molecule has 1 rings (SSSR count). The van der Waals surface area contributed by atoms with E-state index < -0.39 is 0 Å². The van der Waals surface area contributed by atoms with Crippen LogP contribution in [0, 0.1) is 12.8 Å². The smallest absolute Gasteiger partial charge is 0.0482 e. The molecular weight excluding hydrogens is 190 g/mol. The van der Waals surface area contributed by atoms with E-state index >= 15 is 0 Å². The molecule has 0 bridgehead atoms. The van der Waals surface area contributed by atoms with E-state index in [9.17, 15) is 0 Å². The van der Waals surface area contributed by atoms with Crippen LogP contribution in [0.5, 0.6) is 0 Å². The van der Waals surface area contributed by atoms with Crippen molar-refractivity contribution in [1.82, 2.24) is 0 Å². The molecule has 0 heterocycles. The quantitative estimate of drug-likeness (QED) is 0.606. The zero-order chi connectivity index (χ0) is 10.7. The van der Waals surface area contributed by atoms with Crippen molar-refractivity contribution in [3.8, 4) is 0 Å². The van der Waals surface area contributed by atoms with Gasteiger partial charge in [-0.15, -0.1) is 11.8 Å². The summed E-state index contributed by atoms with van der Waals surface area (Å²) in [4.78, 5) is 1.21. The molecule has 1 aromatic carbocycles. The fourth-order valence-corrected chi connectivity index (χ4v) is 2.21. The number of anilines is 1. The van der Waals surface area contributed by atoms with Gasteiger partial charge in [0, 0.05) is 15.8 Å². The van der Waals surface area contributed by atoms with Crippen LogP contribution in [0.4, 0.5) is 5.69 Å². The molecule has 78 valence electrons. The van der Waals surface area contributed by atoms with E-state index in [4.69, 9.17) is 5.73 Å². The number of para-hydroxylation sites is 1. The van der Waals surface area contributed by atoms with Crippen molar-refractivity contribution in [2.45, 2.75) is 37.8 Å². The molecule has 0 radical (unpaired) electrons. The molecule has 0 saturated carbocycles. The molecule has 0 aromatic heterocycles. The fraction of sp³-hybridized carbons (Fsp3) is 0.500. The normalized spacial score (nSPS) is 13.2. The SMILES string of the molecule is Cc1cccc(SC(C)C(C)C)c1N. The van der Waals surface area contributed by atoms with Crippen molar-refractivity contribution < 1.29 is 0 Å². The number of thioether (sulfide) groups is 1. The molecule has 0 aliphatic carbocycles. The summed E-state index contributed by atoms with van der Waals surface area (Å²) in [6.45, 7) is 8.78. The molecule has 0 saturated heterocycles. The van der Waals surface area contributed by atoms with Gasteiger partial charge in [0.25, 0.3) is 0 Å². The molecule has 14 heavy (non-hydrogen) atoms. The van der Waals surface area contributed by atoms with E-state index in [-0.39, 0.29) is 0 Å². The Morgan fingerprint density at radius 2 is 1.86 bits per heavy atom. The lowest BCUT2D eigenvalue weighted by molar-refractivity contribution is 0.642. The van der Waals surface area contributed by atoms with Crippen LogP contribution < -0.4 is 5.73 Å². The number of aryl methyl sites for hydroxylation is 1. The zero-order valence-corrected chi connectivity index (χ0v) is 10.2. The monoisotopic (exact) mass is 209 g/mol. The number of nitrogen functional groups attached to an aromatic ring is 1. The summed E-state index contributed by atoms with van der Waals surface area (Å²) in [6.07, 6.45) is 0. The minimum Gasteiger partial charge on any atom is -0.398 e.